The number of hydrogen-bond donors (Lipinski definition) is 2. The van der Waals surface area contributed by atoms with Crippen LogP contribution >= 0.6 is 0 Å². The highest BCUT2D eigenvalue weighted by atomic mass is 19.1. The molecule has 0 aromatic carbocycles. The van der Waals surface area contributed by atoms with Crippen molar-refractivity contribution < 1.29 is 4.39 Å². The van der Waals surface area contributed by atoms with Crippen LogP contribution in [-0.2, 0) is 0 Å². The van der Waals surface area contributed by atoms with Crippen LogP contribution in [0.25, 0.3) is 0 Å². The predicted octanol–water partition coefficient (Wildman–Crippen LogP) is 2.72. The summed E-state index contributed by atoms with van der Waals surface area (Å²) < 4.78 is 13.9. The van der Waals surface area contributed by atoms with E-state index in [0.717, 1.165) is 50.3 Å². The summed E-state index contributed by atoms with van der Waals surface area (Å²) in [6, 6.07) is 3.34. The van der Waals surface area contributed by atoms with Crippen molar-refractivity contribution in [1.29, 1.82) is 0 Å². The molecule has 6 nitrogen and oxygen atoms in total. The summed E-state index contributed by atoms with van der Waals surface area (Å²) in [7, 11) is 1.80. The van der Waals surface area contributed by atoms with Crippen LogP contribution in [0.3, 0.4) is 0 Å². The fourth-order valence-corrected chi connectivity index (χ4v) is 4.71. The Balaban J connectivity index is 1.33. The number of rotatable bonds is 7. The molecule has 0 aliphatic carbocycles. The highest BCUT2D eigenvalue weighted by Crippen LogP contribution is 2.21. The zero-order valence-corrected chi connectivity index (χ0v) is 18.2. The molecule has 2 N–H and O–H groups in total. The van der Waals surface area contributed by atoms with Crippen molar-refractivity contribution >= 4 is 11.8 Å². The first-order valence-electron chi connectivity index (χ1n) is 11.1. The number of nitrogens with one attached hydrogen (secondary N) is 2. The number of aromatic nitrogens is 1. The summed E-state index contributed by atoms with van der Waals surface area (Å²) in [4.78, 5) is 13.2. The van der Waals surface area contributed by atoms with Crippen LogP contribution in [-0.4, -0.2) is 68.2 Å². The summed E-state index contributed by atoms with van der Waals surface area (Å²) in [6.07, 6.45) is 6.30. The number of unbranched alkanes of at least 4 members (excludes halogenated alkanes) is 1. The maximum atomic E-state index is 13.9. The van der Waals surface area contributed by atoms with Crippen LogP contribution in [0.15, 0.2) is 23.3 Å². The highest BCUT2D eigenvalue weighted by Gasteiger charge is 2.26. The monoisotopic (exact) mass is 404 g/mol. The third-order valence-electron chi connectivity index (χ3n) is 5.93. The third kappa shape index (κ3) is 6.56. The quantitative estimate of drug-likeness (QED) is 0.416. The van der Waals surface area contributed by atoms with E-state index in [0.29, 0.717) is 5.82 Å². The average Bonchev–Trinajstić information content (AvgIpc) is 3.14. The Morgan fingerprint density at radius 3 is 2.76 bits per heavy atom. The van der Waals surface area contributed by atoms with Gasteiger partial charge in [0, 0.05) is 52.0 Å². The van der Waals surface area contributed by atoms with E-state index >= 15 is 0 Å². The van der Waals surface area contributed by atoms with Crippen molar-refractivity contribution in [2.45, 2.75) is 45.6 Å². The zero-order valence-electron chi connectivity index (χ0n) is 18.2. The van der Waals surface area contributed by atoms with Crippen molar-refractivity contribution in [2.75, 3.05) is 51.2 Å². The molecular formula is C22H37FN6. The summed E-state index contributed by atoms with van der Waals surface area (Å²) in [6.45, 7) is 10.9. The molecule has 7 heteroatoms. The molecule has 2 aliphatic heterocycles. The number of piperidine rings is 1. The lowest BCUT2D eigenvalue weighted by Crippen LogP contribution is -2.45. The van der Waals surface area contributed by atoms with E-state index in [1.807, 2.05) is 4.90 Å². The Labute approximate surface area is 175 Å². The summed E-state index contributed by atoms with van der Waals surface area (Å²) in [5.41, 5.74) is 0. The lowest BCUT2D eigenvalue weighted by atomic mass is 9.92. The molecule has 1 aromatic rings. The van der Waals surface area contributed by atoms with Crippen LogP contribution < -0.4 is 15.5 Å². The van der Waals surface area contributed by atoms with Crippen LogP contribution in [0.1, 0.15) is 39.5 Å². The SMILES string of the molecule is CN=C(NCCCCN1CC(C)CC(C)C1)NC1CCN(c2ncccc2F)C1. The normalized spacial score (nSPS) is 26.0. The first-order chi connectivity index (χ1) is 14.0. The average molecular weight is 405 g/mol. The maximum Gasteiger partial charge on any atom is 0.191 e. The van der Waals surface area contributed by atoms with Gasteiger partial charge >= 0.3 is 0 Å². The van der Waals surface area contributed by atoms with Gasteiger partial charge in [-0.05, 0) is 56.2 Å². The second-order valence-corrected chi connectivity index (χ2v) is 8.80. The fraction of sp³-hybridized carbons (Fsp3) is 0.727. The third-order valence-corrected chi connectivity index (χ3v) is 5.93. The van der Waals surface area contributed by atoms with Gasteiger partial charge in [-0.2, -0.15) is 0 Å². The van der Waals surface area contributed by atoms with Gasteiger partial charge in [0.15, 0.2) is 17.6 Å². The van der Waals surface area contributed by atoms with Crippen LogP contribution in [0.5, 0.6) is 0 Å². The van der Waals surface area contributed by atoms with Gasteiger partial charge in [0.25, 0.3) is 0 Å². The number of pyridine rings is 1. The summed E-state index contributed by atoms with van der Waals surface area (Å²) in [5, 5.41) is 6.90. The van der Waals surface area contributed by atoms with Gasteiger partial charge in [0.2, 0.25) is 0 Å². The number of guanidine groups is 1. The predicted molar refractivity (Wildman–Crippen MR) is 118 cm³/mol. The highest BCUT2D eigenvalue weighted by molar-refractivity contribution is 5.80. The number of anilines is 1. The van der Waals surface area contributed by atoms with Crippen LogP contribution in [0.4, 0.5) is 10.2 Å². The second-order valence-electron chi connectivity index (χ2n) is 8.80. The van der Waals surface area contributed by atoms with Gasteiger partial charge < -0.3 is 20.4 Å². The lowest BCUT2D eigenvalue weighted by molar-refractivity contribution is 0.139. The fourth-order valence-electron chi connectivity index (χ4n) is 4.71. The number of likely N-dealkylation sites (tertiary alicyclic amines) is 1. The van der Waals surface area contributed by atoms with Crippen molar-refractivity contribution in [3.8, 4) is 0 Å². The lowest BCUT2D eigenvalue weighted by Gasteiger charge is -2.34. The summed E-state index contributed by atoms with van der Waals surface area (Å²) in [5.74, 6) is 2.67. The topological polar surface area (TPSA) is 55.8 Å². The smallest absolute Gasteiger partial charge is 0.191 e. The molecule has 0 bridgehead atoms. The maximum absolute atomic E-state index is 13.9. The Bertz CT molecular complexity index is 656. The molecule has 2 fully saturated rings. The molecule has 3 unspecified atom stereocenters. The second kappa shape index (κ2) is 10.8. The van der Waals surface area contributed by atoms with Gasteiger partial charge in [-0.15, -0.1) is 0 Å². The van der Waals surface area contributed by atoms with E-state index in [9.17, 15) is 4.39 Å². The minimum absolute atomic E-state index is 0.249. The summed E-state index contributed by atoms with van der Waals surface area (Å²) >= 11 is 0. The number of hydrogen-bond acceptors (Lipinski definition) is 4. The molecule has 2 aliphatic rings. The number of nitrogens with zero attached hydrogens (tertiary/aromatic N) is 4. The Kier molecular flexibility index (Phi) is 8.09. The van der Waals surface area contributed by atoms with E-state index in [-0.39, 0.29) is 11.9 Å². The van der Waals surface area contributed by atoms with Gasteiger partial charge in [0.1, 0.15) is 0 Å². The van der Waals surface area contributed by atoms with Gasteiger partial charge in [-0.3, -0.25) is 4.99 Å². The molecule has 29 heavy (non-hydrogen) atoms. The standard InChI is InChI=1S/C22H37FN6/c1-17-13-18(2)15-28(14-17)11-5-4-9-26-22(24-3)27-19-8-12-29(16-19)21-20(23)7-6-10-25-21/h6-7,10,17-19H,4-5,8-9,11-16H2,1-3H3,(H2,24,26,27). The molecule has 2 saturated heterocycles. The molecule has 3 rings (SSSR count). The molecule has 0 radical (unpaired) electrons. The van der Waals surface area contributed by atoms with Crippen molar-refractivity contribution in [2.24, 2.45) is 16.8 Å². The van der Waals surface area contributed by atoms with E-state index in [1.165, 1.54) is 38.5 Å². The Hall–Kier alpha value is -1.89. The molecule has 0 amide bonds. The minimum Gasteiger partial charge on any atom is -0.356 e. The molecular weight excluding hydrogens is 367 g/mol. The molecule has 3 atom stereocenters. The van der Waals surface area contributed by atoms with Crippen molar-refractivity contribution in [3.05, 3.63) is 24.1 Å². The van der Waals surface area contributed by atoms with E-state index in [2.05, 4.69) is 39.4 Å². The van der Waals surface area contributed by atoms with E-state index in [1.54, 1.807) is 19.3 Å². The Morgan fingerprint density at radius 1 is 1.24 bits per heavy atom. The zero-order chi connectivity index (χ0) is 20.6. The minimum atomic E-state index is -0.256. The van der Waals surface area contributed by atoms with E-state index < -0.39 is 0 Å². The first-order valence-corrected chi connectivity index (χ1v) is 11.1. The van der Waals surface area contributed by atoms with Gasteiger partial charge in [-0.1, -0.05) is 13.8 Å². The van der Waals surface area contributed by atoms with Gasteiger partial charge in [0.05, 0.1) is 0 Å². The molecule has 162 valence electrons. The molecule has 0 spiro atoms. The molecule has 0 saturated carbocycles. The largest absolute Gasteiger partial charge is 0.356 e. The van der Waals surface area contributed by atoms with E-state index in [4.69, 9.17) is 0 Å². The Morgan fingerprint density at radius 2 is 2.03 bits per heavy atom. The molecule has 3 heterocycles. The van der Waals surface area contributed by atoms with Crippen LogP contribution in [0, 0.1) is 17.7 Å². The number of halogens is 1. The first kappa shape index (κ1) is 21.8. The number of aliphatic imine (C=N–C) groups is 1. The van der Waals surface area contributed by atoms with Crippen molar-refractivity contribution in [1.82, 2.24) is 20.5 Å². The molecule has 1 aromatic heterocycles. The van der Waals surface area contributed by atoms with Crippen molar-refractivity contribution in [3.63, 3.8) is 0 Å². The van der Waals surface area contributed by atoms with Gasteiger partial charge in [-0.25, -0.2) is 9.37 Å². The van der Waals surface area contributed by atoms with Crippen LogP contribution in [0.2, 0.25) is 0 Å².